The lowest BCUT2D eigenvalue weighted by Gasteiger charge is -2.17. The second-order valence-electron chi connectivity index (χ2n) is 3.37. The number of nitrogens with two attached hydrogens (primary N) is 1. The largest absolute Gasteiger partial charge is 0.375 e. The van der Waals surface area contributed by atoms with E-state index in [4.69, 9.17) is 5.73 Å². The van der Waals surface area contributed by atoms with Crippen LogP contribution in [0.4, 0.5) is 10.1 Å². The maximum absolute atomic E-state index is 13.2. The second-order valence-corrected chi connectivity index (χ2v) is 3.37. The van der Waals surface area contributed by atoms with Gasteiger partial charge in [0.05, 0.1) is 0 Å². The number of hydrogen-bond acceptors (Lipinski definition) is 2. The summed E-state index contributed by atoms with van der Waals surface area (Å²) in [6.45, 7) is 3.46. The predicted molar refractivity (Wildman–Crippen MR) is 58.1 cm³/mol. The molecule has 0 aliphatic rings. The molecule has 0 spiro atoms. The third-order valence-electron chi connectivity index (χ3n) is 2.29. The van der Waals surface area contributed by atoms with Crippen LogP contribution in [0.3, 0.4) is 0 Å². The van der Waals surface area contributed by atoms with Crippen LogP contribution < -0.4 is 10.6 Å². The van der Waals surface area contributed by atoms with E-state index in [-0.39, 0.29) is 5.82 Å². The summed E-state index contributed by atoms with van der Waals surface area (Å²) in [5, 5.41) is 0. The Morgan fingerprint density at radius 2 is 2.07 bits per heavy atom. The van der Waals surface area contributed by atoms with Gasteiger partial charge in [-0.3, -0.25) is 0 Å². The second kappa shape index (κ2) is 4.96. The Balaban J connectivity index is 2.94. The number of benzene rings is 1. The summed E-state index contributed by atoms with van der Waals surface area (Å²) in [5.74, 6) is -0.189. The third kappa shape index (κ3) is 2.70. The lowest BCUT2D eigenvalue weighted by Crippen LogP contribution is -2.16. The maximum atomic E-state index is 13.2. The maximum Gasteiger partial charge on any atom is 0.125 e. The van der Waals surface area contributed by atoms with Gasteiger partial charge in [-0.05, 0) is 43.7 Å². The highest BCUT2D eigenvalue weighted by Gasteiger charge is 2.03. The Labute approximate surface area is 84.5 Å². The zero-order valence-corrected chi connectivity index (χ0v) is 8.76. The van der Waals surface area contributed by atoms with Gasteiger partial charge in [0.15, 0.2) is 0 Å². The topological polar surface area (TPSA) is 29.3 Å². The molecule has 0 heterocycles. The molecule has 0 aliphatic heterocycles. The van der Waals surface area contributed by atoms with Gasteiger partial charge in [0.1, 0.15) is 5.82 Å². The lowest BCUT2D eigenvalue weighted by molar-refractivity contribution is 0.625. The van der Waals surface area contributed by atoms with E-state index in [9.17, 15) is 4.39 Å². The first-order valence-electron chi connectivity index (χ1n) is 4.88. The molecule has 78 valence electrons. The molecule has 2 nitrogen and oxygen atoms in total. The van der Waals surface area contributed by atoms with Crippen LogP contribution in [0.1, 0.15) is 12.5 Å². The van der Waals surface area contributed by atoms with Crippen LogP contribution in [0.5, 0.6) is 0 Å². The van der Waals surface area contributed by atoms with Crippen LogP contribution in [-0.2, 0) is 6.42 Å². The summed E-state index contributed by atoms with van der Waals surface area (Å²) in [7, 11) is 1.95. The standard InChI is InChI=1S/C11H17FN2/c1-3-14(2)11-7-9(4-5-13)6-10(12)8-11/h6-8H,3-5,13H2,1-2H3. The number of hydrogen-bond donors (Lipinski definition) is 1. The highest BCUT2D eigenvalue weighted by molar-refractivity contribution is 5.48. The third-order valence-corrected chi connectivity index (χ3v) is 2.29. The van der Waals surface area contributed by atoms with Gasteiger partial charge in [-0.15, -0.1) is 0 Å². The van der Waals surface area contributed by atoms with Crippen molar-refractivity contribution in [3.8, 4) is 0 Å². The van der Waals surface area contributed by atoms with Gasteiger partial charge in [0, 0.05) is 19.3 Å². The fraction of sp³-hybridized carbons (Fsp3) is 0.455. The molecular weight excluding hydrogens is 179 g/mol. The summed E-state index contributed by atoms with van der Waals surface area (Å²) in [5.41, 5.74) is 7.31. The lowest BCUT2D eigenvalue weighted by atomic mass is 10.1. The summed E-state index contributed by atoms with van der Waals surface area (Å²) in [6.07, 6.45) is 0.725. The molecule has 0 fully saturated rings. The quantitative estimate of drug-likeness (QED) is 0.795. The Kier molecular flexibility index (Phi) is 3.89. The normalized spacial score (nSPS) is 10.3. The molecule has 0 aromatic heterocycles. The monoisotopic (exact) mass is 196 g/mol. The zero-order valence-electron chi connectivity index (χ0n) is 8.76. The number of nitrogens with zero attached hydrogens (tertiary/aromatic N) is 1. The van der Waals surface area contributed by atoms with E-state index in [1.165, 1.54) is 0 Å². The highest BCUT2D eigenvalue weighted by atomic mass is 19.1. The van der Waals surface area contributed by atoms with Crippen LogP contribution in [0.25, 0.3) is 0 Å². The fourth-order valence-electron chi connectivity index (χ4n) is 1.35. The van der Waals surface area contributed by atoms with E-state index in [2.05, 4.69) is 0 Å². The number of anilines is 1. The molecule has 14 heavy (non-hydrogen) atoms. The smallest absolute Gasteiger partial charge is 0.125 e. The first-order valence-corrected chi connectivity index (χ1v) is 4.88. The molecule has 1 aromatic rings. The van der Waals surface area contributed by atoms with Crippen molar-refractivity contribution in [3.05, 3.63) is 29.6 Å². The minimum absolute atomic E-state index is 0.189. The van der Waals surface area contributed by atoms with E-state index in [1.807, 2.05) is 24.9 Å². The Morgan fingerprint density at radius 1 is 1.36 bits per heavy atom. The van der Waals surface area contributed by atoms with Crippen molar-refractivity contribution in [2.24, 2.45) is 5.73 Å². The Hall–Kier alpha value is -1.09. The van der Waals surface area contributed by atoms with Gasteiger partial charge >= 0.3 is 0 Å². The first-order chi connectivity index (χ1) is 6.67. The van der Waals surface area contributed by atoms with Gasteiger partial charge in [-0.2, -0.15) is 0 Å². The van der Waals surface area contributed by atoms with Gasteiger partial charge < -0.3 is 10.6 Å². The van der Waals surface area contributed by atoms with Gasteiger partial charge in [-0.25, -0.2) is 4.39 Å². The van der Waals surface area contributed by atoms with Gasteiger partial charge in [0.2, 0.25) is 0 Å². The molecule has 1 rings (SSSR count). The SMILES string of the molecule is CCN(C)c1cc(F)cc(CCN)c1. The van der Waals surface area contributed by atoms with Gasteiger partial charge in [0.25, 0.3) is 0 Å². The van der Waals surface area contributed by atoms with Crippen LogP contribution in [0.15, 0.2) is 18.2 Å². The Morgan fingerprint density at radius 3 is 2.64 bits per heavy atom. The van der Waals surface area contributed by atoms with Crippen molar-refractivity contribution in [2.45, 2.75) is 13.3 Å². The average molecular weight is 196 g/mol. The molecule has 0 saturated heterocycles. The minimum Gasteiger partial charge on any atom is -0.375 e. The number of halogens is 1. The van der Waals surface area contributed by atoms with E-state index in [0.29, 0.717) is 6.54 Å². The molecule has 0 aliphatic carbocycles. The molecular formula is C11H17FN2. The van der Waals surface area contributed by atoms with Gasteiger partial charge in [-0.1, -0.05) is 0 Å². The summed E-state index contributed by atoms with van der Waals surface area (Å²) >= 11 is 0. The predicted octanol–water partition coefficient (Wildman–Crippen LogP) is 1.78. The zero-order chi connectivity index (χ0) is 10.6. The molecule has 0 unspecified atom stereocenters. The molecule has 1 aromatic carbocycles. The van der Waals surface area contributed by atoms with Crippen molar-refractivity contribution in [3.63, 3.8) is 0 Å². The number of rotatable bonds is 4. The molecule has 0 bridgehead atoms. The Bertz CT molecular complexity index is 299. The highest BCUT2D eigenvalue weighted by Crippen LogP contribution is 2.17. The molecule has 0 saturated carbocycles. The van der Waals surface area contributed by atoms with E-state index in [0.717, 1.165) is 24.2 Å². The van der Waals surface area contributed by atoms with Crippen molar-refractivity contribution in [1.29, 1.82) is 0 Å². The fourth-order valence-corrected chi connectivity index (χ4v) is 1.35. The molecule has 0 radical (unpaired) electrons. The van der Waals surface area contributed by atoms with Crippen LogP contribution in [0.2, 0.25) is 0 Å². The summed E-state index contributed by atoms with van der Waals surface area (Å²) < 4.78 is 13.2. The van der Waals surface area contributed by atoms with E-state index < -0.39 is 0 Å². The van der Waals surface area contributed by atoms with Crippen LogP contribution in [0, 0.1) is 5.82 Å². The average Bonchev–Trinajstić information content (AvgIpc) is 2.16. The summed E-state index contributed by atoms with van der Waals surface area (Å²) in [6, 6.07) is 5.07. The van der Waals surface area contributed by atoms with Crippen LogP contribution in [-0.4, -0.2) is 20.1 Å². The first kappa shape index (κ1) is 11.0. The van der Waals surface area contributed by atoms with Crippen molar-refractivity contribution >= 4 is 5.69 Å². The van der Waals surface area contributed by atoms with Crippen molar-refractivity contribution in [2.75, 3.05) is 25.0 Å². The summed E-state index contributed by atoms with van der Waals surface area (Å²) in [4.78, 5) is 2.00. The molecule has 2 N–H and O–H groups in total. The van der Waals surface area contributed by atoms with E-state index in [1.54, 1.807) is 12.1 Å². The molecule has 0 amide bonds. The van der Waals surface area contributed by atoms with E-state index >= 15 is 0 Å². The van der Waals surface area contributed by atoms with Crippen LogP contribution >= 0.6 is 0 Å². The van der Waals surface area contributed by atoms with Crippen molar-refractivity contribution in [1.82, 2.24) is 0 Å². The molecule has 3 heteroatoms. The van der Waals surface area contributed by atoms with Crippen molar-refractivity contribution < 1.29 is 4.39 Å². The molecule has 0 atom stereocenters. The minimum atomic E-state index is -0.189.